The summed E-state index contributed by atoms with van der Waals surface area (Å²) < 4.78 is 0. The van der Waals surface area contributed by atoms with E-state index in [9.17, 15) is 0 Å². The molecule has 0 unspecified atom stereocenters. The molecule has 0 saturated carbocycles. The maximum Gasteiger partial charge on any atom is 0.0726 e. The summed E-state index contributed by atoms with van der Waals surface area (Å²) in [6.07, 6.45) is 0. The molecule has 14 rings (SSSR count). The van der Waals surface area contributed by atoms with E-state index in [4.69, 9.17) is 0 Å². The Bertz CT molecular complexity index is 3970. The van der Waals surface area contributed by atoms with Gasteiger partial charge in [-0.2, -0.15) is 0 Å². The Morgan fingerprint density at radius 3 is 1.37 bits per heavy atom. The van der Waals surface area contributed by atoms with Crippen LogP contribution in [0.4, 0.5) is 17.1 Å². The quantitative estimate of drug-likeness (QED) is 0.144. The van der Waals surface area contributed by atoms with Crippen LogP contribution in [-0.4, -0.2) is 0 Å². The van der Waals surface area contributed by atoms with Crippen LogP contribution in [0.1, 0.15) is 22.3 Å². The van der Waals surface area contributed by atoms with Gasteiger partial charge in [-0.3, -0.25) is 0 Å². The predicted molar refractivity (Wildman–Crippen MR) is 294 cm³/mol. The molecule has 326 valence electrons. The van der Waals surface area contributed by atoms with Crippen LogP contribution in [-0.2, 0) is 5.41 Å². The van der Waals surface area contributed by atoms with Gasteiger partial charge in [0.05, 0.1) is 16.8 Å². The van der Waals surface area contributed by atoms with E-state index in [0.29, 0.717) is 0 Å². The van der Waals surface area contributed by atoms with Crippen molar-refractivity contribution in [2.75, 3.05) is 4.90 Å². The SMILES string of the molecule is c1ccc(-c2ccccc2-c2ccccc2-c2ccccc2N(c2ccc(-c3cc4ccccc4c4ccccc34)cc2)c2cccc3c2-c2ccccc2C32c3ccccc3-c3ccccc32)cc1. The molecule has 0 aliphatic heterocycles. The Morgan fingerprint density at radius 2 is 0.686 bits per heavy atom. The van der Waals surface area contributed by atoms with Gasteiger partial charge < -0.3 is 4.90 Å². The van der Waals surface area contributed by atoms with Gasteiger partial charge in [0.1, 0.15) is 0 Å². The van der Waals surface area contributed by atoms with Crippen LogP contribution in [0.25, 0.3) is 88.3 Å². The van der Waals surface area contributed by atoms with Gasteiger partial charge in [-0.05, 0) is 130 Å². The first kappa shape index (κ1) is 40.1. The minimum absolute atomic E-state index is 0.477. The zero-order valence-electron chi connectivity index (χ0n) is 38.4. The average Bonchev–Trinajstić information content (AvgIpc) is 3.91. The van der Waals surface area contributed by atoms with E-state index in [1.165, 1.54) is 105 Å². The van der Waals surface area contributed by atoms with E-state index in [1.807, 2.05) is 0 Å². The molecule has 0 atom stereocenters. The second kappa shape index (κ2) is 16.0. The third-order valence-electron chi connectivity index (χ3n) is 15.1. The van der Waals surface area contributed by atoms with Crippen molar-refractivity contribution in [1.29, 1.82) is 0 Å². The summed E-state index contributed by atoms with van der Waals surface area (Å²) in [5.74, 6) is 0. The van der Waals surface area contributed by atoms with Crippen LogP contribution in [0.15, 0.2) is 273 Å². The molecule has 0 radical (unpaired) electrons. The zero-order valence-corrected chi connectivity index (χ0v) is 38.4. The number of hydrogen-bond acceptors (Lipinski definition) is 1. The Morgan fingerprint density at radius 1 is 0.243 bits per heavy atom. The number of hydrogen-bond donors (Lipinski definition) is 0. The summed E-state index contributed by atoms with van der Waals surface area (Å²) in [5.41, 5.74) is 22.8. The van der Waals surface area contributed by atoms with E-state index in [0.717, 1.165) is 22.6 Å². The van der Waals surface area contributed by atoms with Crippen LogP contribution < -0.4 is 4.90 Å². The van der Waals surface area contributed by atoms with Gasteiger partial charge >= 0.3 is 0 Å². The lowest BCUT2D eigenvalue weighted by molar-refractivity contribution is 0.794. The van der Waals surface area contributed by atoms with Crippen molar-refractivity contribution in [3.05, 3.63) is 295 Å². The van der Waals surface area contributed by atoms with Gasteiger partial charge in [0.2, 0.25) is 0 Å². The first-order valence-electron chi connectivity index (χ1n) is 24.3. The summed E-state index contributed by atoms with van der Waals surface area (Å²) in [6, 6.07) is 101. The third kappa shape index (κ3) is 5.92. The molecule has 12 aromatic rings. The Balaban J connectivity index is 1.03. The fourth-order valence-corrected chi connectivity index (χ4v) is 12.2. The van der Waals surface area contributed by atoms with Crippen molar-refractivity contribution in [3.8, 4) is 66.8 Å². The van der Waals surface area contributed by atoms with E-state index >= 15 is 0 Å². The molecule has 1 nitrogen and oxygen atoms in total. The molecule has 0 N–H and O–H groups in total. The minimum atomic E-state index is -0.477. The third-order valence-corrected chi connectivity index (χ3v) is 15.1. The fourth-order valence-electron chi connectivity index (χ4n) is 12.2. The van der Waals surface area contributed by atoms with Crippen molar-refractivity contribution in [2.45, 2.75) is 5.41 Å². The van der Waals surface area contributed by atoms with E-state index < -0.39 is 5.41 Å². The number of fused-ring (bicyclic) bond motifs is 13. The van der Waals surface area contributed by atoms with E-state index in [1.54, 1.807) is 0 Å². The minimum Gasteiger partial charge on any atom is -0.309 e. The van der Waals surface area contributed by atoms with E-state index in [2.05, 4.69) is 278 Å². The summed E-state index contributed by atoms with van der Waals surface area (Å²) in [4.78, 5) is 2.54. The molecule has 2 aliphatic rings. The molecular weight excluding hydrogens is 843 g/mol. The maximum atomic E-state index is 2.54. The van der Waals surface area contributed by atoms with Crippen LogP contribution in [0, 0.1) is 0 Å². The van der Waals surface area contributed by atoms with Gasteiger partial charge in [-0.15, -0.1) is 0 Å². The second-order valence-corrected chi connectivity index (χ2v) is 18.6. The van der Waals surface area contributed by atoms with Gasteiger partial charge in [-0.25, -0.2) is 0 Å². The predicted octanol–water partition coefficient (Wildman–Crippen LogP) is 18.5. The standard InChI is InChI=1S/C69H45N/c1-2-21-46(22-3-1)50-24-6-7-26-52(50)54-28-9-10-29-55(54)59-33-15-19-39-66(59)70(49-43-41-47(42-44-49)61-45-48-23-4-5-25-51(48)53-27-8-11-30-56(53)61)67-40-20-38-65-68(67)60-34-14-18-37-64(60)69(65)62-35-16-12-31-57(62)58-32-13-17-36-63(58)69/h1-45H. The summed E-state index contributed by atoms with van der Waals surface area (Å²) in [5, 5.41) is 5.04. The number of rotatable bonds is 7. The molecular formula is C69H45N. The molecule has 2 aliphatic carbocycles. The van der Waals surface area contributed by atoms with Gasteiger partial charge in [0.15, 0.2) is 0 Å². The molecule has 0 heterocycles. The van der Waals surface area contributed by atoms with Crippen LogP contribution in [0.3, 0.4) is 0 Å². The Labute approximate surface area is 408 Å². The lowest BCUT2D eigenvalue weighted by Crippen LogP contribution is -2.26. The van der Waals surface area contributed by atoms with Crippen molar-refractivity contribution in [1.82, 2.24) is 0 Å². The molecule has 1 spiro atoms. The Hall–Kier alpha value is -9.04. The van der Waals surface area contributed by atoms with Gasteiger partial charge in [0.25, 0.3) is 0 Å². The first-order valence-corrected chi connectivity index (χ1v) is 24.3. The van der Waals surface area contributed by atoms with Gasteiger partial charge in [-0.1, -0.05) is 243 Å². The highest BCUT2D eigenvalue weighted by molar-refractivity contribution is 6.14. The number of nitrogens with zero attached hydrogens (tertiary/aromatic N) is 1. The van der Waals surface area contributed by atoms with E-state index in [-0.39, 0.29) is 0 Å². The second-order valence-electron chi connectivity index (χ2n) is 18.6. The van der Waals surface area contributed by atoms with Crippen LogP contribution in [0.2, 0.25) is 0 Å². The molecule has 70 heavy (non-hydrogen) atoms. The number of anilines is 3. The number of benzene rings is 12. The number of para-hydroxylation sites is 1. The van der Waals surface area contributed by atoms with Crippen molar-refractivity contribution < 1.29 is 0 Å². The van der Waals surface area contributed by atoms with Crippen LogP contribution in [0.5, 0.6) is 0 Å². The molecule has 1 heteroatoms. The molecule has 0 saturated heterocycles. The maximum absolute atomic E-state index is 2.54. The summed E-state index contributed by atoms with van der Waals surface area (Å²) in [7, 11) is 0. The molecule has 12 aromatic carbocycles. The molecule has 0 amide bonds. The highest BCUT2D eigenvalue weighted by Crippen LogP contribution is 2.65. The largest absolute Gasteiger partial charge is 0.309 e. The Kier molecular flexibility index (Phi) is 9.19. The normalized spacial score (nSPS) is 12.7. The topological polar surface area (TPSA) is 3.24 Å². The molecule has 0 fully saturated rings. The summed E-state index contributed by atoms with van der Waals surface area (Å²) >= 11 is 0. The highest BCUT2D eigenvalue weighted by Gasteiger charge is 2.52. The van der Waals surface area contributed by atoms with Crippen molar-refractivity contribution >= 4 is 38.6 Å². The first-order chi connectivity index (χ1) is 34.8. The van der Waals surface area contributed by atoms with Crippen LogP contribution >= 0.6 is 0 Å². The lowest BCUT2D eigenvalue weighted by Gasteiger charge is -2.32. The van der Waals surface area contributed by atoms with Gasteiger partial charge in [0, 0.05) is 16.8 Å². The smallest absolute Gasteiger partial charge is 0.0726 e. The van der Waals surface area contributed by atoms with Crippen molar-refractivity contribution in [2.24, 2.45) is 0 Å². The zero-order chi connectivity index (χ0) is 46.2. The fraction of sp³-hybridized carbons (Fsp3) is 0.0145. The lowest BCUT2D eigenvalue weighted by atomic mass is 9.70. The summed E-state index contributed by atoms with van der Waals surface area (Å²) in [6.45, 7) is 0. The average molecular weight is 888 g/mol. The highest BCUT2D eigenvalue weighted by atomic mass is 15.1. The monoisotopic (exact) mass is 887 g/mol. The van der Waals surface area contributed by atoms with Crippen molar-refractivity contribution in [3.63, 3.8) is 0 Å². The molecule has 0 bridgehead atoms. The molecule has 0 aromatic heterocycles.